The second-order valence-electron chi connectivity index (χ2n) is 3.33. The maximum Gasteiger partial charge on any atom is 0.303 e. The molecule has 7 heteroatoms. The van der Waals surface area contributed by atoms with Gasteiger partial charge in [-0.2, -0.15) is 0 Å². The number of carbonyl (C=O) groups excluding carboxylic acids is 1. The Bertz CT molecular complexity index is 208. The average Bonchev–Trinajstić information content (AvgIpc) is 2.24. The van der Waals surface area contributed by atoms with E-state index in [1.165, 1.54) is 7.11 Å². The van der Waals surface area contributed by atoms with Gasteiger partial charge in [-0.15, -0.1) is 0 Å². The molecule has 4 atom stereocenters. The molecule has 0 saturated carbocycles. The summed E-state index contributed by atoms with van der Waals surface area (Å²) in [5, 5.41) is 36.7. The van der Waals surface area contributed by atoms with E-state index < -0.39 is 37.0 Å². The minimum atomic E-state index is -1.62. The van der Waals surface area contributed by atoms with Gasteiger partial charge in [-0.25, -0.2) is 0 Å². The number of hydrogen-bond acceptors (Lipinski definition) is 7. The summed E-state index contributed by atoms with van der Waals surface area (Å²) >= 11 is 0. The van der Waals surface area contributed by atoms with Crippen LogP contribution in [0.3, 0.4) is 0 Å². The van der Waals surface area contributed by atoms with Gasteiger partial charge in [0.1, 0.15) is 18.3 Å². The van der Waals surface area contributed by atoms with Crippen molar-refractivity contribution in [2.45, 2.75) is 31.3 Å². The van der Waals surface area contributed by atoms with Crippen molar-refractivity contribution in [2.75, 3.05) is 20.3 Å². The van der Waals surface area contributed by atoms with E-state index in [4.69, 9.17) is 19.7 Å². The maximum atomic E-state index is 10.7. The van der Waals surface area contributed by atoms with Crippen LogP contribution in [0.4, 0.5) is 0 Å². The van der Waals surface area contributed by atoms with Crippen LogP contribution in [0.5, 0.6) is 0 Å². The third kappa shape index (κ3) is 4.86. The van der Waals surface area contributed by atoms with E-state index in [-0.39, 0.29) is 6.61 Å². The molecule has 0 bridgehead atoms. The second kappa shape index (κ2) is 7.53. The van der Waals surface area contributed by atoms with Crippen molar-refractivity contribution in [3.05, 3.63) is 0 Å². The molecule has 0 amide bonds. The molecule has 0 spiro atoms. The Kier molecular flexibility index (Phi) is 7.18. The summed E-state index contributed by atoms with van der Waals surface area (Å²) in [6.45, 7) is 0.304. The SMILES string of the molecule is COC[C@H](OC(C)=O)[C@@H](O)[C@H](O)[C@H](O)CO. The molecular formula is C9H18O7. The molecule has 0 aliphatic heterocycles. The third-order valence-corrected chi connectivity index (χ3v) is 1.96. The lowest BCUT2D eigenvalue weighted by molar-refractivity contribution is -0.169. The van der Waals surface area contributed by atoms with Gasteiger partial charge >= 0.3 is 5.97 Å². The monoisotopic (exact) mass is 238 g/mol. The maximum absolute atomic E-state index is 10.7. The van der Waals surface area contributed by atoms with Crippen LogP contribution in [-0.2, 0) is 14.3 Å². The summed E-state index contributed by atoms with van der Waals surface area (Å²) < 4.78 is 9.40. The van der Waals surface area contributed by atoms with Gasteiger partial charge in [0.05, 0.1) is 13.2 Å². The molecule has 0 aliphatic carbocycles. The van der Waals surface area contributed by atoms with Gasteiger partial charge < -0.3 is 29.9 Å². The van der Waals surface area contributed by atoms with Crippen LogP contribution in [0.1, 0.15) is 6.92 Å². The van der Waals surface area contributed by atoms with Gasteiger partial charge in [-0.05, 0) is 0 Å². The van der Waals surface area contributed by atoms with Gasteiger partial charge in [-0.1, -0.05) is 0 Å². The predicted octanol–water partition coefficient (Wildman–Crippen LogP) is -2.36. The molecular weight excluding hydrogens is 220 g/mol. The first kappa shape index (κ1) is 15.3. The van der Waals surface area contributed by atoms with E-state index in [0.29, 0.717) is 0 Å². The molecule has 7 nitrogen and oxygen atoms in total. The third-order valence-electron chi connectivity index (χ3n) is 1.96. The summed E-state index contributed by atoms with van der Waals surface area (Å²) in [7, 11) is 1.33. The number of ether oxygens (including phenoxy) is 2. The number of esters is 1. The summed E-state index contributed by atoms with van der Waals surface area (Å²) in [5.41, 5.74) is 0. The molecule has 0 radical (unpaired) electrons. The van der Waals surface area contributed by atoms with Crippen LogP contribution in [0.2, 0.25) is 0 Å². The molecule has 0 heterocycles. The zero-order valence-electron chi connectivity index (χ0n) is 9.24. The molecule has 0 fully saturated rings. The normalized spacial score (nSPS) is 18.6. The second-order valence-corrected chi connectivity index (χ2v) is 3.33. The van der Waals surface area contributed by atoms with Gasteiger partial charge in [0.25, 0.3) is 0 Å². The van der Waals surface area contributed by atoms with Crippen molar-refractivity contribution in [1.29, 1.82) is 0 Å². The Hall–Kier alpha value is -0.730. The predicted molar refractivity (Wildman–Crippen MR) is 52.5 cm³/mol. The Morgan fingerprint density at radius 2 is 1.81 bits per heavy atom. The Morgan fingerprint density at radius 1 is 1.25 bits per heavy atom. The zero-order valence-corrected chi connectivity index (χ0v) is 9.24. The van der Waals surface area contributed by atoms with Crippen molar-refractivity contribution in [3.63, 3.8) is 0 Å². The molecule has 0 aromatic heterocycles. The number of methoxy groups -OCH3 is 1. The summed E-state index contributed by atoms with van der Waals surface area (Å²) in [6, 6.07) is 0. The number of aliphatic hydroxyl groups is 4. The average molecular weight is 238 g/mol. The largest absolute Gasteiger partial charge is 0.457 e. The standard InChI is InChI=1S/C9H18O7/c1-5(11)16-7(4-15-2)9(14)8(13)6(12)3-10/h6-10,12-14H,3-4H2,1-2H3/t6-,7+,8-,9-/m1/s1. The first-order valence-electron chi connectivity index (χ1n) is 4.75. The topological polar surface area (TPSA) is 116 Å². The van der Waals surface area contributed by atoms with Crippen molar-refractivity contribution < 1.29 is 34.7 Å². The minimum Gasteiger partial charge on any atom is -0.457 e. The van der Waals surface area contributed by atoms with Crippen LogP contribution < -0.4 is 0 Å². The molecule has 0 aliphatic rings. The van der Waals surface area contributed by atoms with Gasteiger partial charge in [0.2, 0.25) is 0 Å². The Labute approximate surface area is 93.2 Å². The number of aliphatic hydroxyl groups excluding tert-OH is 4. The van der Waals surface area contributed by atoms with E-state index in [9.17, 15) is 15.0 Å². The molecule has 0 saturated heterocycles. The van der Waals surface area contributed by atoms with E-state index >= 15 is 0 Å². The van der Waals surface area contributed by atoms with Crippen molar-refractivity contribution in [1.82, 2.24) is 0 Å². The lowest BCUT2D eigenvalue weighted by Gasteiger charge is -2.27. The smallest absolute Gasteiger partial charge is 0.303 e. The van der Waals surface area contributed by atoms with Crippen molar-refractivity contribution in [3.8, 4) is 0 Å². The molecule has 0 rings (SSSR count). The molecule has 16 heavy (non-hydrogen) atoms. The Morgan fingerprint density at radius 3 is 2.19 bits per heavy atom. The summed E-state index contributed by atoms with van der Waals surface area (Å²) in [4.78, 5) is 10.7. The zero-order chi connectivity index (χ0) is 12.7. The van der Waals surface area contributed by atoms with Crippen LogP contribution in [-0.4, -0.2) is 71.1 Å². The minimum absolute atomic E-state index is 0.129. The quantitative estimate of drug-likeness (QED) is 0.366. The van der Waals surface area contributed by atoms with Gasteiger partial charge in [-0.3, -0.25) is 4.79 Å². The molecule has 0 aromatic carbocycles. The summed E-state index contributed by atoms with van der Waals surface area (Å²) in [6.07, 6.45) is -5.76. The van der Waals surface area contributed by atoms with Crippen molar-refractivity contribution in [2.24, 2.45) is 0 Å². The van der Waals surface area contributed by atoms with E-state index in [1.807, 2.05) is 0 Å². The first-order valence-corrected chi connectivity index (χ1v) is 4.75. The first-order chi connectivity index (χ1) is 7.43. The highest BCUT2D eigenvalue weighted by Gasteiger charge is 2.33. The fourth-order valence-electron chi connectivity index (χ4n) is 1.14. The highest BCUT2D eigenvalue weighted by molar-refractivity contribution is 5.66. The number of hydrogen-bond donors (Lipinski definition) is 4. The van der Waals surface area contributed by atoms with Crippen LogP contribution in [0.15, 0.2) is 0 Å². The molecule has 96 valence electrons. The van der Waals surface area contributed by atoms with Gasteiger partial charge in [0, 0.05) is 14.0 Å². The van der Waals surface area contributed by atoms with Crippen LogP contribution in [0.25, 0.3) is 0 Å². The van der Waals surface area contributed by atoms with E-state index in [2.05, 4.69) is 0 Å². The van der Waals surface area contributed by atoms with Crippen molar-refractivity contribution >= 4 is 5.97 Å². The molecule has 0 aromatic rings. The fourth-order valence-corrected chi connectivity index (χ4v) is 1.14. The summed E-state index contributed by atoms with van der Waals surface area (Å²) in [5.74, 6) is -0.646. The van der Waals surface area contributed by atoms with Crippen LogP contribution >= 0.6 is 0 Å². The highest BCUT2D eigenvalue weighted by Crippen LogP contribution is 2.09. The molecule has 4 N–H and O–H groups in total. The number of carbonyl (C=O) groups is 1. The van der Waals surface area contributed by atoms with E-state index in [1.54, 1.807) is 0 Å². The lowest BCUT2D eigenvalue weighted by Crippen LogP contribution is -2.48. The lowest BCUT2D eigenvalue weighted by atomic mass is 10.0. The Balaban J connectivity index is 4.45. The molecule has 0 unspecified atom stereocenters. The fraction of sp³-hybridized carbons (Fsp3) is 0.889. The van der Waals surface area contributed by atoms with Crippen LogP contribution in [0, 0.1) is 0 Å². The van der Waals surface area contributed by atoms with E-state index in [0.717, 1.165) is 6.92 Å². The number of rotatable bonds is 7. The highest BCUT2D eigenvalue weighted by atomic mass is 16.6. The van der Waals surface area contributed by atoms with Gasteiger partial charge in [0.15, 0.2) is 6.10 Å².